The van der Waals surface area contributed by atoms with Gasteiger partial charge in [0.15, 0.2) is 0 Å². The molecule has 3 nitrogen and oxygen atoms in total. The predicted molar refractivity (Wildman–Crippen MR) is 61.4 cm³/mol. The van der Waals surface area contributed by atoms with E-state index in [1.807, 2.05) is 19.1 Å². The highest BCUT2D eigenvalue weighted by Gasteiger charge is 2.02. The van der Waals surface area contributed by atoms with Crippen molar-refractivity contribution in [2.75, 3.05) is 13.2 Å². The molecule has 0 aliphatic heterocycles. The van der Waals surface area contributed by atoms with Crippen molar-refractivity contribution in [3.8, 4) is 5.75 Å². The molecule has 1 rings (SSSR count). The molecule has 0 heterocycles. The highest BCUT2D eigenvalue weighted by molar-refractivity contribution is 6.31. The van der Waals surface area contributed by atoms with Crippen molar-refractivity contribution in [2.24, 2.45) is 5.73 Å². The Kier molecular flexibility index (Phi) is 4.88. The summed E-state index contributed by atoms with van der Waals surface area (Å²) in [4.78, 5) is 0. The summed E-state index contributed by atoms with van der Waals surface area (Å²) in [5.41, 5.74) is 6.53. The summed E-state index contributed by atoms with van der Waals surface area (Å²) in [7, 11) is 0. The van der Waals surface area contributed by atoms with E-state index in [0.29, 0.717) is 13.0 Å². The van der Waals surface area contributed by atoms with Crippen molar-refractivity contribution < 1.29 is 9.84 Å². The zero-order chi connectivity index (χ0) is 11.3. The third kappa shape index (κ3) is 4.08. The van der Waals surface area contributed by atoms with Gasteiger partial charge in [0.2, 0.25) is 0 Å². The Bertz CT molecular complexity index is 317. The van der Waals surface area contributed by atoms with E-state index in [0.717, 1.165) is 16.3 Å². The number of aliphatic hydroxyl groups is 1. The van der Waals surface area contributed by atoms with Gasteiger partial charge in [-0.1, -0.05) is 11.6 Å². The van der Waals surface area contributed by atoms with E-state index in [1.165, 1.54) is 0 Å². The fourth-order valence-electron chi connectivity index (χ4n) is 1.13. The standard InChI is InChI=1S/C11H16ClNO2/c1-8-6-10(2-3-11(8)12)15-5-4-9(13)7-14/h2-3,6,9,14H,4-5,7,13H2,1H3. The van der Waals surface area contributed by atoms with E-state index in [4.69, 9.17) is 27.2 Å². The first-order chi connectivity index (χ1) is 7.13. The van der Waals surface area contributed by atoms with Crippen LogP contribution in [-0.2, 0) is 0 Å². The molecular formula is C11H16ClNO2. The van der Waals surface area contributed by atoms with Gasteiger partial charge in [0.05, 0.1) is 13.2 Å². The molecule has 15 heavy (non-hydrogen) atoms. The van der Waals surface area contributed by atoms with Crippen molar-refractivity contribution in [2.45, 2.75) is 19.4 Å². The van der Waals surface area contributed by atoms with Gasteiger partial charge in [0, 0.05) is 11.1 Å². The molecule has 84 valence electrons. The Hall–Kier alpha value is -0.770. The molecule has 0 saturated heterocycles. The van der Waals surface area contributed by atoms with Crippen LogP contribution in [0.2, 0.25) is 5.02 Å². The first kappa shape index (κ1) is 12.3. The van der Waals surface area contributed by atoms with E-state index >= 15 is 0 Å². The van der Waals surface area contributed by atoms with Crippen LogP contribution < -0.4 is 10.5 Å². The monoisotopic (exact) mass is 229 g/mol. The number of hydrogen-bond donors (Lipinski definition) is 2. The summed E-state index contributed by atoms with van der Waals surface area (Å²) >= 11 is 5.88. The van der Waals surface area contributed by atoms with Crippen LogP contribution in [0.1, 0.15) is 12.0 Å². The van der Waals surface area contributed by atoms with Gasteiger partial charge in [-0.25, -0.2) is 0 Å². The minimum Gasteiger partial charge on any atom is -0.494 e. The zero-order valence-electron chi connectivity index (χ0n) is 8.74. The van der Waals surface area contributed by atoms with Gasteiger partial charge in [-0.3, -0.25) is 0 Å². The Morgan fingerprint density at radius 1 is 1.53 bits per heavy atom. The number of hydrogen-bond acceptors (Lipinski definition) is 3. The number of aliphatic hydroxyl groups excluding tert-OH is 1. The smallest absolute Gasteiger partial charge is 0.119 e. The minimum absolute atomic E-state index is 0.0109. The molecule has 0 amide bonds. The summed E-state index contributed by atoms with van der Waals surface area (Å²) in [6, 6.07) is 5.29. The molecule has 0 radical (unpaired) electrons. The van der Waals surface area contributed by atoms with Gasteiger partial charge in [0.25, 0.3) is 0 Å². The van der Waals surface area contributed by atoms with Gasteiger partial charge in [-0.2, -0.15) is 0 Å². The Labute approximate surface area is 94.8 Å². The Morgan fingerprint density at radius 2 is 2.27 bits per heavy atom. The van der Waals surface area contributed by atoms with Crippen LogP contribution in [0.25, 0.3) is 0 Å². The SMILES string of the molecule is Cc1cc(OCCC(N)CO)ccc1Cl. The van der Waals surface area contributed by atoms with Crippen LogP contribution in [0.4, 0.5) is 0 Å². The summed E-state index contributed by atoms with van der Waals surface area (Å²) < 4.78 is 5.46. The molecular weight excluding hydrogens is 214 g/mol. The normalized spacial score (nSPS) is 12.5. The molecule has 0 spiro atoms. The lowest BCUT2D eigenvalue weighted by Gasteiger charge is -2.10. The Morgan fingerprint density at radius 3 is 2.87 bits per heavy atom. The maximum Gasteiger partial charge on any atom is 0.119 e. The van der Waals surface area contributed by atoms with E-state index in [-0.39, 0.29) is 12.6 Å². The molecule has 3 N–H and O–H groups in total. The molecule has 0 bridgehead atoms. The van der Waals surface area contributed by atoms with Crippen molar-refractivity contribution in [1.82, 2.24) is 0 Å². The maximum atomic E-state index is 8.71. The van der Waals surface area contributed by atoms with Crippen LogP contribution in [0.15, 0.2) is 18.2 Å². The lowest BCUT2D eigenvalue weighted by molar-refractivity contribution is 0.230. The molecule has 1 atom stereocenters. The predicted octanol–water partition coefficient (Wildman–Crippen LogP) is 1.74. The van der Waals surface area contributed by atoms with E-state index in [9.17, 15) is 0 Å². The zero-order valence-corrected chi connectivity index (χ0v) is 9.50. The van der Waals surface area contributed by atoms with Crippen LogP contribution >= 0.6 is 11.6 Å². The van der Waals surface area contributed by atoms with E-state index in [1.54, 1.807) is 6.07 Å². The Balaban J connectivity index is 2.41. The average molecular weight is 230 g/mol. The molecule has 0 fully saturated rings. The van der Waals surface area contributed by atoms with Gasteiger partial charge >= 0.3 is 0 Å². The number of rotatable bonds is 5. The molecule has 0 saturated carbocycles. The average Bonchev–Trinajstić information content (AvgIpc) is 2.23. The van der Waals surface area contributed by atoms with Crippen LogP contribution in [0, 0.1) is 6.92 Å². The summed E-state index contributed by atoms with van der Waals surface area (Å²) in [5, 5.41) is 9.45. The lowest BCUT2D eigenvalue weighted by atomic mass is 10.2. The van der Waals surface area contributed by atoms with E-state index in [2.05, 4.69) is 0 Å². The fourth-order valence-corrected chi connectivity index (χ4v) is 1.24. The van der Waals surface area contributed by atoms with Gasteiger partial charge in [-0.15, -0.1) is 0 Å². The number of aryl methyl sites for hydroxylation is 1. The summed E-state index contributed by atoms with van der Waals surface area (Å²) in [6.45, 7) is 2.42. The van der Waals surface area contributed by atoms with Crippen LogP contribution in [0.3, 0.4) is 0 Å². The quantitative estimate of drug-likeness (QED) is 0.809. The first-order valence-corrected chi connectivity index (χ1v) is 5.26. The van der Waals surface area contributed by atoms with E-state index < -0.39 is 0 Å². The highest BCUT2D eigenvalue weighted by atomic mass is 35.5. The number of ether oxygens (including phenoxy) is 1. The molecule has 0 aromatic heterocycles. The number of nitrogens with two attached hydrogens (primary N) is 1. The first-order valence-electron chi connectivity index (χ1n) is 4.89. The lowest BCUT2D eigenvalue weighted by Crippen LogP contribution is -2.26. The van der Waals surface area contributed by atoms with Crippen molar-refractivity contribution in [3.05, 3.63) is 28.8 Å². The maximum absolute atomic E-state index is 8.71. The molecule has 4 heteroatoms. The number of benzene rings is 1. The molecule has 1 unspecified atom stereocenters. The van der Waals surface area contributed by atoms with Crippen LogP contribution in [-0.4, -0.2) is 24.4 Å². The van der Waals surface area contributed by atoms with Crippen molar-refractivity contribution >= 4 is 11.6 Å². The van der Waals surface area contributed by atoms with Gasteiger partial charge in [0.1, 0.15) is 5.75 Å². The van der Waals surface area contributed by atoms with Crippen molar-refractivity contribution in [1.29, 1.82) is 0 Å². The second-order valence-corrected chi connectivity index (χ2v) is 3.90. The fraction of sp³-hybridized carbons (Fsp3) is 0.455. The third-order valence-corrected chi connectivity index (χ3v) is 2.55. The van der Waals surface area contributed by atoms with Gasteiger partial charge < -0.3 is 15.6 Å². The van der Waals surface area contributed by atoms with Gasteiger partial charge in [-0.05, 0) is 37.1 Å². The summed E-state index contributed by atoms with van der Waals surface area (Å²) in [6.07, 6.45) is 0.637. The second-order valence-electron chi connectivity index (χ2n) is 3.49. The molecule has 0 aliphatic carbocycles. The topological polar surface area (TPSA) is 55.5 Å². The molecule has 1 aromatic carbocycles. The highest BCUT2D eigenvalue weighted by Crippen LogP contribution is 2.21. The second kappa shape index (κ2) is 5.95. The molecule has 1 aromatic rings. The van der Waals surface area contributed by atoms with Crippen LogP contribution in [0.5, 0.6) is 5.75 Å². The minimum atomic E-state index is -0.210. The molecule has 0 aliphatic rings. The number of halogens is 1. The van der Waals surface area contributed by atoms with Crippen molar-refractivity contribution in [3.63, 3.8) is 0 Å². The third-order valence-electron chi connectivity index (χ3n) is 2.12. The largest absolute Gasteiger partial charge is 0.494 e. The summed E-state index contributed by atoms with van der Waals surface area (Å²) in [5.74, 6) is 0.780.